The van der Waals surface area contributed by atoms with Gasteiger partial charge in [0.25, 0.3) is 0 Å². The van der Waals surface area contributed by atoms with Crippen LogP contribution in [-0.2, 0) is 0 Å². The molecule has 9 nitrogen and oxygen atoms in total. The van der Waals surface area contributed by atoms with Crippen LogP contribution < -0.4 is 14.2 Å². The Labute approximate surface area is 223 Å². The molecule has 1 aliphatic rings. The summed E-state index contributed by atoms with van der Waals surface area (Å²) in [6.45, 7) is 12.6. The van der Waals surface area contributed by atoms with Crippen LogP contribution in [0.25, 0.3) is 0 Å². The van der Waals surface area contributed by atoms with Crippen LogP contribution >= 0.6 is 0 Å². The summed E-state index contributed by atoms with van der Waals surface area (Å²) in [6, 6.07) is 13.2. The van der Waals surface area contributed by atoms with E-state index in [1.165, 1.54) is 12.1 Å². The van der Waals surface area contributed by atoms with E-state index in [0.29, 0.717) is 5.56 Å². The second-order valence-corrected chi connectivity index (χ2v) is 10.6. The first kappa shape index (κ1) is 27.1. The van der Waals surface area contributed by atoms with Gasteiger partial charge in [0.2, 0.25) is 0 Å². The number of phenols is 1. The minimum atomic E-state index is -0.297. The van der Waals surface area contributed by atoms with Crippen LogP contribution in [0.4, 0.5) is 0 Å². The highest BCUT2D eigenvalue weighted by Gasteiger charge is 2.44. The van der Waals surface area contributed by atoms with E-state index in [0.717, 1.165) is 12.8 Å². The van der Waals surface area contributed by atoms with Gasteiger partial charge < -0.3 is 19.3 Å². The molecule has 0 spiro atoms. The molecule has 2 heterocycles. The van der Waals surface area contributed by atoms with E-state index in [4.69, 9.17) is 14.2 Å². The maximum absolute atomic E-state index is 12.7. The smallest absolute Gasteiger partial charge is 0.331 e. The molecule has 4 rings (SSSR count). The van der Waals surface area contributed by atoms with E-state index < -0.39 is 0 Å². The zero-order valence-electron chi connectivity index (χ0n) is 22.5. The van der Waals surface area contributed by atoms with E-state index in [2.05, 4.69) is 61.2 Å². The molecule has 1 aromatic heterocycles. The van der Waals surface area contributed by atoms with Gasteiger partial charge in [0.05, 0.1) is 5.56 Å². The molecular weight excluding hydrogens is 484 g/mol. The SMILES string of the molecule is C=CCOc1nc(Oc2ccc(C(=O)c3ccccc3)c(O)c2)nc(OC2CC(C)(C)N(C)C(C)(C)C2)n1. The maximum atomic E-state index is 12.7. The summed E-state index contributed by atoms with van der Waals surface area (Å²) in [4.78, 5) is 28.0. The summed E-state index contributed by atoms with van der Waals surface area (Å²) >= 11 is 0. The Balaban J connectivity index is 1.57. The van der Waals surface area contributed by atoms with Crippen molar-refractivity contribution in [3.8, 4) is 29.5 Å². The summed E-state index contributed by atoms with van der Waals surface area (Å²) < 4.78 is 17.6. The Bertz CT molecular complexity index is 1290. The molecule has 9 heteroatoms. The van der Waals surface area contributed by atoms with Gasteiger partial charge in [-0.3, -0.25) is 9.69 Å². The fourth-order valence-corrected chi connectivity index (χ4v) is 4.75. The molecule has 2 aromatic carbocycles. The number of hydrogen-bond acceptors (Lipinski definition) is 9. The molecule has 0 bridgehead atoms. The zero-order valence-corrected chi connectivity index (χ0v) is 22.5. The second kappa shape index (κ2) is 10.8. The number of benzene rings is 2. The summed E-state index contributed by atoms with van der Waals surface area (Å²) in [6.07, 6.45) is 3.00. The fourth-order valence-electron chi connectivity index (χ4n) is 4.75. The molecular formula is C29H34N4O5. The molecule has 1 fully saturated rings. The average molecular weight is 519 g/mol. The predicted molar refractivity (Wildman–Crippen MR) is 143 cm³/mol. The lowest BCUT2D eigenvalue weighted by molar-refractivity contribution is -0.0581. The second-order valence-electron chi connectivity index (χ2n) is 10.6. The monoisotopic (exact) mass is 518 g/mol. The largest absolute Gasteiger partial charge is 0.507 e. The van der Waals surface area contributed by atoms with Crippen molar-refractivity contribution in [1.29, 1.82) is 0 Å². The van der Waals surface area contributed by atoms with Crippen molar-refractivity contribution < 1.29 is 24.1 Å². The molecule has 0 atom stereocenters. The Morgan fingerprint density at radius 1 is 1.03 bits per heavy atom. The number of piperidine rings is 1. The standard InChI is InChI=1S/C29H34N4O5/c1-7-15-36-25-30-26(32-27(31-25)38-21-17-28(2,3)33(6)29(4,5)18-21)37-20-13-14-22(23(34)16-20)24(35)19-11-9-8-10-12-19/h7-14,16,21,34H,1,15,17-18H2,2-6H3. The summed E-state index contributed by atoms with van der Waals surface area (Å²) in [5.41, 5.74) is 0.458. The summed E-state index contributed by atoms with van der Waals surface area (Å²) in [5, 5.41) is 10.5. The van der Waals surface area contributed by atoms with Gasteiger partial charge in [-0.25, -0.2) is 0 Å². The maximum Gasteiger partial charge on any atom is 0.331 e. The lowest BCUT2D eigenvalue weighted by atomic mass is 9.79. The number of phenolic OH excluding ortho intramolecular Hbond substituents is 1. The topological polar surface area (TPSA) is 107 Å². The van der Waals surface area contributed by atoms with Crippen molar-refractivity contribution in [2.75, 3.05) is 13.7 Å². The summed E-state index contributed by atoms with van der Waals surface area (Å²) in [7, 11) is 2.13. The molecule has 38 heavy (non-hydrogen) atoms. The van der Waals surface area contributed by atoms with Crippen LogP contribution in [0.15, 0.2) is 61.2 Å². The number of aromatic nitrogens is 3. The molecule has 0 unspecified atom stereocenters. The van der Waals surface area contributed by atoms with Gasteiger partial charge in [-0.1, -0.05) is 43.0 Å². The fraction of sp³-hybridized carbons (Fsp3) is 0.379. The van der Waals surface area contributed by atoms with E-state index in [-0.39, 0.29) is 64.7 Å². The highest BCUT2D eigenvalue weighted by atomic mass is 16.5. The number of rotatable bonds is 9. The highest BCUT2D eigenvalue weighted by molar-refractivity contribution is 6.10. The Kier molecular flexibility index (Phi) is 7.68. The van der Waals surface area contributed by atoms with Crippen LogP contribution in [0.5, 0.6) is 29.5 Å². The molecule has 1 N–H and O–H groups in total. The number of likely N-dealkylation sites (tertiary alicyclic amines) is 1. The van der Waals surface area contributed by atoms with Crippen molar-refractivity contribution in [2.24, 2.45) is 0 Å². The van der Waals surface area contributed by atoms with Gasteiger partial charge >= 0.3 is 18.0 Å². The quantitative estimate of drug-likeness (QED) is 0.302. The van der Waals surface area contributed by atoms with Crippen LogP contribution in [0.1, 0.15) is 56.5 Å². The molecule has 0 saturated carbocycles. The van der Waals surface area contributed by atoms with Gasteiger partial charge in [0.1, 0.15) is 24.2 Å². The van der Waals surface area contributed by atoms with E-state index in [9.17, 15) is 9.90 Å². The number of ketones is 1. The molecule has 1 saturated heterocycles. The Morgan fingerprint density at radius 2 is 1.66 bits per heavy atom. The molecule has 3 aromatic rings. The minimum absolute atomic E-state index is 0.0245. The molecule has 1 aliphatic heterocycles. The van der Waals surface area contributed by atoms with Crippen LogP contribution in [-0.4, -0.2) is 61.6 Å². The van der Waals surface area contributed by atoms with Gasteiger partial charge in [-0.2, -0.15) is 0 Å². The third-order valence-electron chi connectivity index (χ3n) is 6.91. The molecule has 0 radical (unpaired) electrons. The van der Waals surface area contributed by atoms with Crippen molar-refractivity contribution in [1.82, 2.24) is 19.9 Å². The third kappa shape index (κ3) is 6.11. The highest BCUT2D eigenvalue weighted by Crippen LogP contribution is 2.38. The van der Waals surface area contributed by atoms with Crippen molar-refractivity contribution in [3.05, 3.63) is 72.3 Å². The van der Waals surface area contributed by atoms with Gasteiger partial charge in [-0.15, -0.1) is 15.0 Å². The summed E-state index contributed by atoms with van der Waals surface area (Å²) in [5.74, 6) is -0.282. The van der Waals surface area contributed by atoms with Gasteiger partial charge in [0.15, 0.2) is 5.78 Å². The average Bonchev–Trinajstić information content (AvgIpc) is 2.86. The molecule has 0 amide bonds. The lowest BCUT2D eigenvalue weighted by Gasteiger charge is -2.53. The van der Waals surface area contributed by atoms with Gasteiger partial charge in [-0.05, 0) is 46.9 Å². The number of carbonyl (C=O) groups excluding carboxylic acids is 1. The number of carbonyl (C=O) groups is 1. The normalized spacial score (nSPS) is 17.0. The van der Waals surface area contributed by atoms with E-state index in [1.807, 2.05) is 6.07 Å². The Morgan fingerprint density at radius 3 is 2.29 bits per heavy atom. The molecule has 0 aliphatic carbocycles. The number of ether oxygens (including phenoxy) is 3. The first-order valence-corrected chi connectivity index (χ1v) is 12.5. The Hall–Kier alpha value is -3.98. The van der Waals surface area contributed by atoms with Crippen molar-refractivity contribution in [2.45, 2.75) is 57.7 Å². The van der Waals surface area contributed by atoms with E-state index in [1.54, 1.807) is 36.4 Å². The number of nitrogens with zero attached hydrogens (tertiary/aromatic N) is 4. The van der Waals surface area contributed by atoms with Gasteiger partial charge in [0, 0.05) is 35.5 Å². The lowest BCUT2D eigenvalue weighted by Crippen LogP contribution is -2.60. The first-order valence-electron chi connectivity index (χ1n) is 12.5. The van der Waals surface area contributed by atoms with Crippen LogP contribution in [0, 0.1) is 0 Å². The zero-order chi connectivity index (χ0) is 27.5. The minimum Gasteiger partial charge on any atom is -0.507 e. The van der Waals surface area contributed by atoms with Crippen LogP contribution in [0.2, 0.25) is 0 Å². The third-order valence-corrected chi connectivity index (χ3v) is 6.91. The first-order chi connectivity index (χ1) is 18.0. The van der Waals surface area contributed by atoms with Crippen molar-refractivity contribution >= 4 is 5.78 Å². The predicted octanol–water partition coefficient (Wildman–Crippen LogP) is 5.20. The number of hydrogen-bond donors (Lipinski definition) is 1. The van der Waals surface area contributed by atoms with Crippen LogP contribution in [0.3, 0.4) is 0 Å². The number of aromatic hydroxyl groups is 1. The van der Waals surface area contributed by atoms with Crippen molar-refractivity contribution in [3.63, 3.8) is 0 Å². The molecule has 200 valence electrons. The van der Waals surface area contributed by atoms with E-state index >= 15 is 0 Å².